The van der Waals surface area contributed by atoms with E-state index < -0.39 is 17.5 Å². The molecule has 5 heteroatoms. The number of nitrogens with one attached hydrogen (secondary N) is 1. The van der Waals surface area contributed by atoms with E-state index in [0.717, 1.165) is 21.7 Å². The molecule has 0 aromatic heterocycles. The van der Waals surface area contributed by atoms with Crippen molar-refractivity contribution in [3.05, 3.63) is 77.4 Å². The van der Waals surface area contributed by atoms with Crippen molar-refractivity contribution < 1.29 is 9.59 Å². The van der Waals surface area contributed by atoms with Crippen LogP contribution < -0.4 is 5.32 Å². The number of carbonyl (C=O) groups is 2. The van der Waals surface area contributed by atoms with E-state index in [-0.39, 0.29) is 0 Å². The van der Waals surface area contributed by atoms with Gasteiger partial charge >= 0.3 is 6.03 Å². The van der Waals surface area contributed by atoms with Crippen LogP contribution in [0.2, 0.25) is 0 Å². The molecule has 1 saturated heterocycles. The van der Waals surface area contributed by atoms with Crippen molar-refractivity contribution in [1.29, 1.82) is 0 Å². The predicted molar refractivity (Wildman–Crippen MR) is 97.8 cm³/mol. The van der Waals surface area contributed by atoms with E-state index >= 15 is 0 Å². The summed E-state index contributed by atoms with van der Waals surface area (Å²) in [6.07, 6.45) is 3.44. The molecule has 3 amide bonds. The standard InChI is InChI=1S/C20H19N3O2/c1-15(13-16-9-5-3-6-10-16)14-21-23-18(24)20(2,22-19(23)25)17-11-7-4-8-12-17/h3-14H,1-2H3,(H,22,25)/b15-13+,21-14-/t20-/m0/s1. The summed E-state index contributed by atoms with van der Waals surface area (Å²) in [7, 11) is 0. The normalized spacial score (nSPS) is 21.0. The average molecular weight is 333 g/mol. The molecule has 0 bridgehead atoms. The van der Waals surface area contributed by atoms with E-state index in [9.17, 15) is 9.59 Å². The number of urea groups is 1. The first-order chi connectivity index (χ1) is 12.0. The second kappa shape index (κ2) is 6.73. The van der Waals surface area contributed by atoms with Gasteiger partial charge in [-0.25, -0.2) is 4.79 Å². The van der Waals surface area contributed by atoms with Crippen LogP contribution in [0, 0.1) is 0 Å². The number of hydrogen-bond acceptors (Lipinski definition) is 3. The fourth-order valence-electron chi connectivity index (χ4n) is 2.69. The minimum absolute atomic E-state index is 0.396. The molecule has 1 fully saturated rings. The SMILES string of the molecule is CC(/C=N\N1C(=O)N[C@@](C)(c2ccccc2)C1=O)=C\c1ccccc1. The van der Waals surface area contributed by atoms with Crippen LogP contribution >= 0.6 is 0 Å². The van der Waals surface area contributed by atoms with E-state index in [0.29, 0.717) is 0 Å². The van der Waals surface area contributed by atoms with Crippen molar-refractivity contribution in [3.8, 4) is 0 Å². The number of rotatable bonds is 4. The summed E-state index contributed by atoms with van der Waals surface area (Å²) >= 11 is 0. The summed E-state index contributed by atoms with van der Waals surface area (Å²) in [6, 6.07) is 18.4. The van der Waals surface area contributed by atoms with Crippen LogP contribution in [0.4, 0.5) is 4.79 Å². The van der Waals surface area contributed by atoms with Crippen molar-refractivity contribution in [2.45, 2.75) is 19.4 Å². The van der Waals surface area contributed by atoms with E-state index in [1.54, 1.807) is 6.92 Å². The number of nitrogens with zero attached hydrogens (tertiary/aromatic N) is 2. The summed E-state index contributed by atoms with van der Waals surface area (Å²) in [6.45, 7) is 3.55. The second-order valence-corrected chi connectivity index (χ2v) is 6.08. The summed E-state index contributed by atoms with van der Waals surface area (Å²) in [4.78, 5) is 24.9. The molecular formula is C20H19N3O2. The maximum Gasteiger partial charge on any atom is 0.346 e. The molecule has 126 valence electrons. The molecule has 1 aliphatic rings. The van der Waals surface area contributed by atoms with E-state index in [1.807, 2.05) is 73.7 Å². The van der Waals surface area contributed by atoms with Crippen molar-refractivity contribution in [1.82, 2.24) is 10.3 Å². The van der Waals surface area contributed by atoms with Gasteiger partial charge in [-0.05, 0) is 30.5 Å². The van der Waals surface area contributed by atoms with Gasteiger partial charge in [0.2, 0.25) is 0 Å². The molecule has 0 saturated carbocycles. The van der Waals surface area contributed by atoms with Crippen LogP contribution in [0.5, 0.6) is 0 Å². The first-order valence-electron chi connectivity index (χ1n) is 8.00. The van der Waals surface area contributed by atoms with Crippen molar-refractivity contribution in [2.75, 3.05) is 0 Å². The van der Waals surface area contributed by atoms with Gasteiger partial charge in [0.1, 0.15) is 5.54 Å². The van der Waals surface area contributed by atoms with Gasteiger partial charge in [-0.2, -0.15) is 5.10 Å². The van der Waals surface area contributed by atoms with Gasteiger partial charge < -0.3 is 5.32 Å². The Morgan fingerprint density at radius 3 is 2.28 bits per heavy atom. The number of imide groups is 1. The lowest BCUT2D eigenvalue weighted by atomic mass is 9.92. The fraction of sp³-hybridized carbons (Fsp3) is 0.150. The van der Waals surface area contributed by atoms with Crippen molar-refractivity contribution >= 4 is 24.2 Å². The number of hydrazone groups is 1. The molecule has 1 aliphatic heterocycles. The highest BCUT2D eigenvalue weighted by atomic mass is 16.2. The zero-order valence-corrected chi connectivity index (χ0v) is 14.1. The van der Waals surface area contributed by atoms with Crippen molar-refractivity contribution in [2.24, 2.45) is 5.10 Å². The van der Waals surface area contributed by atoms with E-state index in [1.165, 1.54) is 6.21 Å². The highest BCUT2D eigenvalue weighted by Crippen LogP contribution is 2.28. The van der Waals surface area contributed by atoms with Crippen LogP contribution in [-0.2, 0) is 10.3 Å². The fourth-order valence-corrected chi connectivity index (χ4v) is 2.69. The summed E-state index contributed by atoms with van der Waals surface area (Å²) in [5, 5.41) is 7.69. The van der Waals surface area contributed by atoms with Gasteiger partial charge in [0.25, 0.3) is 5.91 Å². The monoisotopic (exact) mass is 333 g/mol. The molecule has 0 radical (unpaired) electrons. The zero-order chi connectivity index (χ0) is 17.9. The topological polar surface area (TPSA) is 61.8 Å². The number of allylic oxidation sites excluding steroid dienone is 1. The molecule has 3 rings (SSSR count). The lowest BCUT2D eigenvalue weighted by Gasteiger charge is -2.20. The van der Waals surface area contributed by atoms with Crippen LogP contribution in [0.15, 0.2) is 71.3 Å². The average Bonchev–Trinajstić information content (AvgIpc) is 2.85. The molecular weight excluding hydrogens is 314 g/mol. The minimum atomic E-state index is -1.10. The predicted octanol–water partition coefficient (Wildman–Crippen LogP) is 3.54. The third-order valence-electron chi connectivity index (χ3n) is 4.09. The summed E-state index contributed by atoms with van der Waals surface area (Å²) < 4.78 is 0. The smallest absolute Gasteiger partial charge is 0.318 e. The molecule has 0 aliphatic carbocycles. The Bertz CT molecular complexity index is 844. The number of benzene rings is 2. The number of hydrogen-bond donors (Lipinski definition) is 1. The molecule has 0 unspecified atom stereocenters. The Morgan fingerprint density at radius 2 is 1.64 bits per heavy atom. The highest BCUT2D eigenvalue weighted by Gasteiger charge is 2.49. The van der Waals surface area contributed by atoms with E-state index in [4.69, 9.17) is 0 Å². The second-order valence-electron chi connectivity index (χ2n) is 6.08. The van der Waals surface area contributed by atoms with Crippen LogP contribution in [0.25, 0.3) is 6.08 Å². The lowest BCUT2D eigenvalue weighted by Crippen LogP contribution is -2.40. The Morgan fingerprint density at radius 1 is 1.04 bits per heavy atom. The van der Waals surface area contributed by atoms with Crippen molar-refractivity contribution in [3.63, 3.8) is 0 Å². The molecule has 0 spiro atoms. The Hall–Kier alpha value is -3.21. The van der Waals surface area contributed by atoms with Crippen LogP contribution in [0.3, 0.4) is 0 Å². The van der Waals surface area contributed by atoms with Gasteiger partial charge in [0.15, 0.2) is 0 Å². The van der Waals surface area contributed by atoms with Gasteiger partial charge in [-0.15, -0.1) is 5.01 Å². The Kier molecular flexibility index (Phi) is 4.48. The van der Waals surface area contributed by atoms with Gasteiger partial charge in [-0.1, -0.05) is 66.7 Å². The quantitative estimate of drug-likeness (QED) is 0.687. The zero-order valence-electron chi connectivity index (χ0n) is 14.1. The molecule has 1 heterocycles. The molecule has 2 aromatic rings. The highest BCUT2D eigenvalue weighted by molar-refractivity contribution is 6.07. The van der Waals surface area contributed by atoms with Crippen LogP contribution in [-0.4, -0.2) is 23.2 Å². The molecule has 2 aromatic carbocycles. The number of amides is 3. The third kappa shape index (κ3) is 3.35. The number of carbonyl (C=O) groups excluding carboxylic acids is 2. The third-order valence-corrected chi connectivity index (χ3v) is 4.09. The van der Waals surface area contributed by atoms with Gasteiger partial charge in [0.05, 0.1) is 6.21 Å². The summed E-state index contributed by atoms with van der Waals surface area (Å²) in [5.74, 6) is -0.396. The summed E-state index contributed by atoms with van der Waals surface area (Å²) in [5.41, 5.74) is 1.48. The maximum absolute atomic E-state index is 12.7. The van der Waals surface area contributed by atoms with Gasteiger partial charge in [-0.3, -0.25) is 4.79 Å². The Balaban J connectivity index is 1.80. The van der Waals surface area contributed by atoms with Crippen LogP contribution in [0.1, 0.15) is 25.0 Å². The molecule has 1 atom stereocenters. The Labute approximate surface area is 146 Å². The first kappa shape index (κ1) is 16.6. The maximum atomic E-state index is 12.7. The van der Waals surface area contributed by atoms with E-state index in [2.05, 4.69) is 10.4 Å². The molecule has 5 nitrogen and oxygen atoms in total. The minimum Gasteiger partial charge on any atom is -0.318 e. The largest absolute Gasteiger partial charge is 0.346 e. The molecule has 1 N–H and O–H groups in total. The van der Waals surface area contributed by atoms with Gasteiger partial charge in [0, 0.05) is 0 Å². The first-order valence-corrected chi connectivity index (χ1v) is 8.00. The lowest BCUT2D eigenvalue weighted by molar-refractivity contribution is -0.131. The molecule has 25 heavy (non-hydrogen) atoms.